The van der Waals surface area contributed by atoms with E-state index >= 15 is 0 Å². The van der Waals surface area contributed by atoms with E-state index in [0.29, 0.717) is 12.1 Å². The van der Waals surface area contributed by atoms with E-state index in [1.54, 1.807) is 0 Å². The van der Waals surface area contributed by atoms with E-state index < -0.39 is 0 Å². The number of hydrogen-bond donors (Lipinski definition) is 4. The van der Waals surface area contributed by atoms with Gasteiger partial charge in [-0.15, -0.1) is 0 Å². The molecule has 0 saturated heterocycles. The lowest BCUT2D eigenvalue weighted by molar-refractivity contribution is 0.603. The van der Waals surface area contributed by atoms with Crippen LogP contribution >= 0.6 is 0 Å². The van der Waals surface area contributed by atoms with Gasteiger partial charge in [0, 0.05) is 12.1 Å². The Morgan fingerprint density at radius 1 is 0.444 bits per heavy atom. The molecule has 0 radical (unpaired) electrons. The molecule has 2 atom stereocenters. The number of hydrogen-bond acceptors (Lipinski definition) is 4. The molecule has 0 aliphatic rings. The lowest BCUT2D eigenvalue weighted by Gasteiger charge is -2.06. The Bertz CT molecular complexity index is 74.3. The molecule has 4 nitrogen and oxygen atoms in total. The maximum Gasteiger partial charge on any atom is 0.0160 e. The molecule has 4 heteroatoms. The molecule has 0 aromatic carbocycles. The maximum absolute atomic E-state index is 5.31. The predicted molar refractivity (Wildman–Crippen MR) is 88.6 cm³/mol. The first kappa shape index (κ1) is 30.7. The van der Waals surface area contributed by atoms with Crippen LogP contribution in [0.5, 0.6) is 0 Å². The van der Waals surface area contributed by atoms with Crippen molar-refractivity contribution < 1.29 is 0 Å². The molecule has 0 rings (SSSR count). The largest absolute Gasteiger partial charge is 0.328 e. The third-order valence-electron chi connectivity index (χ3n) is 0.829. The van der Waals surface area contributed by atoms with E-state index in [9.17, 15) is 0 Å². The monoisotopic (exact) mass is 266 g/mol. The first-order valence-electron chi connectivity index (χ1n) is 7.13. The van der Waals surface area contributed by atoms with Crippen molar-refractivity contribution in [3.05, 3.63) is 0 Å². The van der Waals surface area contributed by atoms with Crippen LogP contribution in [0.1, 0.15) is 69.2 Å². The molecule has 0 aliphatic carbocycles. The van der Waals surface area contributed by atoms with Crippen molar-refractivity contribution >= 4 is 0 Å². The standard InChI is InChI=1S/C4H12N2.2C3H9N.2C2H6/c1-3(5)4(2)6;2*1-3(2)4;2*1-2/h3-4H,5-6H2,1-2H3;2*3H,4H2,1-2H3;2*1-2H3. The van der Waals surface area contributed by atoms with E-state index in [2.05, 4.69) is 0 Å². The van der Waals surface area contributed by atoms with Crippen LogP contribution < -0.4 is 22.9 Å². The minimum atomic E-state index is 0.130. The SMILES string of the molecule is CC.CC.CC(C)N.CC(C)N.CC(N)C(C)N. The van der Waals surface area contributed by atoms with Crippen molar-refractivity contribution in [3.8, 4) is 0 Å². The average Bonchev–Trinajstić information content (AvgIpc) is 2.22. The highest BCUT2D eigenvalue weighted by molar-refractivity contribution is 4.63. The summed E-state index contributed by atoms with van der Waals surface area (Å²) in [5.74, 6) is 0. The second-order valence-corrected chi connectivity index (χ2v) is 4.21. The average molecular weight is 267 g/mol. The lowest BCUT2D eigenvalue weighted by Crippen LogP contribution is -2.35. The van der Waals surface area contributed by atoms with Crippen LogP contribution in [0.3, 0.4) is 0 Å². The second kappa shape index (κ2) is 30.1. The molecule has 0 saturated carbocycles. The molecule has 0 spiro atoms. The summed E-state index contributed by atoms with van der Waals surface area (Å²) in [6, 6.07) is 0.926. The fourth-order valence-corrected chi connectivity index (χ4v) is 0. The van der Waals surface area contributed by atoms with E-state index in [1.165, 1.54) is 0 Å². The molecule has 0 amide bonds. The molecule has 0 bridgehead atoms. The second-order valence-electron chi connectivity index (χ2n) is 4.21. The normalized spacial score (nSPS) is 11.3. The maximum atomic E-state index is 5.31. The van der Waals surface area contributed by atoms with Gasteiger partial charge in [-0.2, -0.15) is 0 Å². The molecule has 118 valence electrons. The highest BCUT2D eigenvalue weighted by Gasteiger charge is 1.96. The summed E-state index contributed by atoms with van der Waals surface area (Å²) in [7, 11) is 0. The number of nitrogens with two attached hydrogens (primary N) is 4. The van der Waals surface area contributed by atoms with Gasteiger partial charge in [-0.25, -0.2) is 0 Å². The lowest BCUT2D eigenvalue weighted by atomic mass is 10.2. The Labute approximate surface area is 117 Å². The number of rotatable bonds is 1. The Kier molecular flexibility index (Phi) is 51.4. The van der Waals surface area contributed by atoms with Gasteiger partial charge in [0.15, 0.2) is 0 Å². The van der Waals surface area contributed by atoms with Crippen LogP contribution in [0.25, 0.3) is 0 Å². The first-order valence-corrected chi connectivity index (χ1v) is 7.13. The molecule has 2 unspecified atom stereocenters. The summed E-state index contributed by atoms with van der Waals surface area (Å²) in [4.78, 5) is 0. The van der Waals surface area contributed by atoms with E-state index in [4.69, 9.17) is 22.9 Å². The Balaban J connectivity index is -0.0000000420. The van der Waals surface area contributed by atoms with Crippen molar-refractivity contribution in [2.24, 2.45) is 22.9 Å². The minimum absolute atomic E-state index is 0.130. The quantitative estimate of drug-likeness (QED) is 0.585. The smallest absolute Gasteiger partial charge is 0.0160 e. The van der Waals surface area contributed by atoms with Gasteiger partial charge < -0.3 is 22.9 Å². The third-order valence-corrected chi connectivity index (χ3v) is 0.829. The van der Waals surface area contributed by atoms with Gasteiger partial charge in [-0.3, -0.25) is 0 Å². The Hall–Kier alpha value is -0.160. The van der Waals surface area contributed by atoms with E-state index in [-0.39, 0.29) is 12.1 Å². The Morgan fingerprint density at radius 2 is 0.500 bits per heavy atom. The zero-order valence-corrected chi connectivity index (χ0v) is 14.6. The summed E-state index contributed by atoms with van der Waals surface area (Å²) < 4.78 is 0. The van der Waals surface area contributed by atoms with Gasteiger partial charge in [-0.1, -0.05) is 55.4 Å². The fraction of sp³-hybridized carbons (Fsp3) is 1.00. The summed E-state index contributed by atoms with van der Waals surface area (Å²) in [5, 5.41) is 0. The van der Waals surface area contributed by atoms with Crippen molar-refractivity contribution in [3.63, 3.8) is 0 Å². The van der Waals surface area contributed by atoms with Crippen LogP contribution in [-0.2, 0) is 0 Å². The van der Waals surface area contributed by atoms with Gasteiger partial charge in [0.1, 0.15) is 0 Å². The molecule has 0 aliphatic heterocycles. The third kappa shape index (κ3) is 237. The molecule has 18 heavy (non-hydrogen) atoms. The molecule has 0 aromatic heterocycles. The zero-order valence-electron chi connectivity index (χ0n) is 14.6. The topological polar surface area (TPSA) is 104 Å². The van der Waals surface area contributed by atoms with Crippen molar-refractivity contribution in [1.82, 2.24) is 0 Å². The van der Waals surface area contributed by atoms with Gasteiger partial charge in [0.05, 0.1) is 0 Å². The van der Waals surface area contributed by atoms with Crippen LogP contribution in [0.15, 0.2) is 0 Å². The molecule has 0 fully saturated rings. The summed E-state index contributed by atoms with van der Waals surface area (Å²) >= 11 is 0. The van der Waals surface area contributed by atoms with E-state index in [0.717, 1.165) is 0 Å². The predicted octanol–water partition coefficient (Wildman–Crippen LogP) is 2.44. The van der Waals surface area contributed by atoms with Gasteiger partial charge in [0.25, 0.3) is 0 Å². The van der Waals surface area contributed by atoms with Crippen LogP contribution in [0.4, 0.5) is 0 Å². The van der Waals surface area contributed by atoms with Crippen molar-refractivity contribution in [1.29, 1.82) is 0 Å². The fourth-order valence-electron chi connectivity index (χ4n) is 0. The van der Waals surface area contributed by atoms with Crippen molar-refractivity contribution in [2.75, 3.05) is 0 Å². The Morgan fingerprint density at radius 3 is 0.500 bits per heavy atom. The van der Waals surface area contributed by atoms with Gasteiger partial charge >= 0.3 is 0 Å². The first-order chi connectivity index (χ1) is 8.11. The molecular weight excluding hydrogens is 224 g/mol. The van der Waals surface area contributed by atoms with Crippen LogP contribution in [0, 0.1) is 0 Å². The molecule has 0 aromatic rings. The highest BCUT2D eigenvalue weighted by atomic mass is 14.7. The summed E-state index contributed by atoms with van der Waals surface area (Å²) in [6.07, 6.45) is 0. The van der Waals surface area contributed by atoms with Gasteiger partial charge in [-0.05, 0) is 25.9 Å². The van der Waals surface area contributed by atoms with E-state index in [1.807, 2.05) is 69.2 Å². The zero-order chi connectivity index (χ0) is 16.3. The minimum Gasteiger partial charge on any atom is -0.328 e. The molecular formula is C14H42N4. The summed E-state index contributed by atoms with van der Waals surface area (Å²) in [5.41, 5.74) is 20.8. The molecule has 8 N–H and O–H groups in total. The van der Waals surface area contributed by atoms with Gasteiger partial charge in [0.2, 0.25) is 0 Å². The van der Waals surface area contributed by atoms with Crippen LogP contribution in [0.2, 0.25) is 0 Å². The highest BCUT2D eigenvalue weighted by Crippen LogP contribution is 1.77. The van der Waals surface area contributed by atoms with Crippen LogP contribution in [-0.4, -0.2) is 24.2 Å². The summed E-state index contributed by atoms with van der Waals surface area (Å²) in [6.45, 7) is 19.6. The van der Waals surface area contributed by atoms with Crippen molar-refractivity contribution in [2.45, 2.75) is 93.4 Å². The molecule has 0 heterocycles.